The van der Waals surface area contributed by atoms with Crippen LogP contribution in [0.5, 0.6) is 0 Å². The molecule has 6 nitrogen and oxygen atoms in total. The van der Waals surface area contributed by atoms with Gasteiger partial charge in [0.2, 0.25) is 0 Å². The maximum atomic E-state index is 8.82. The number of benzene rings is 2. The summed E-state index contributed by atoms with van der Waals surface area (Å²) in [6.07, 6.45) is 2.60. The Bertz CT molecular complexity index is 912. The Hall–Kier alpha value is -2.93. The van der Waals surface area contributed by atoms with Crippen LogP contribution < -0.4 is 11.1 Å². The number of hydrogen-bond acceptors (Lipinski definition) is 5. The maximum absolute atomic E-state index is 8.82. The molecule has 0 aliphatic rings. The largest absolute Gasteiger partial charge is 0.409 e. The highest BCUT2D eigenvalue weighted by Crippen LogP contribution is 2.18. The number of aromatic nitrogens is 2. The normalized spacial score (nSPS) is 11.3. The first-order valence-electron chi connectivity index (χ1n) is 8.05. The topological polar surface area (TPSA) is 96.4 Å². The minimum atomic E-state index is 0.0515. The van der Waals surface area contributed by atoms with E-state index >= 15 is 0 Å². The van der Waals surface area contributed by atoms with Gasteiger partial charge in [0.05, 0.1) is 0 Å². The number of rotatable bonds is 6. The van der Waals surface area contributed by atoms with Crippen molar-refractivity contribution in [2.75, 3.05) is 11.9 Å². The minimum Gasteiger partial charge on any atom is -0.409 e. The number of nitrogens with two attached hydrogens (primary N) is 1. The molecule has 0 aliphatic carbocycles. The van der Waals surface area contributed by atoms with Crippen molar-refractivity contribution >= 4 is 27.6 Å². The molecule has 0 saturated heterocycles. The van der Waals surface area contributed by atoms with Gasteiger partial charge in [-0.2, -0.15) is 0 Å². The summed E-state index contributed by atoms with van der Waals surface area (Å²) < 4.78 is 1.07. The maximum Gasteiger partial charge on any atom is 0.170 e. The van der Waals surface area contributed by atoms with Gasteiger partial charge in [-0.25, -0.2) is 9.97 Å². The first-order chi connectivity index (χ1) is 12.7. The molecule has 0 unspecified atom stereocenters. The lowest BCUT2D eigenvalue weighted by Gasteiger charge is -2.08. The summed E-state index contributed by atoms with van der Waals surface area (Å²) >= 11 is 3.44. The average molecular weight is 412 g/mol. The van der Waals surface area contributed by atoms with Crippen LogP contribution in [0.1, 0.15) is 11.1 Å². The molecule has 1 heterocycles. The van der Waals surface area contributed by atoms with Crippen LogP contribution in [0.2, 0.25) is 0 Å². The third-order valence-electron chi connectivity index (χ3n) is 3.81. The predicted molar refractivity (Wildman–Crippen MR) is 106 cm³/mol. The van der Waals surface area contributed by atoms with Gasteiger partial charge in [-0.15, -0.1) is 0 Å². The van der Waals surface area contributed by atoms with Gasteiger partial charge in [0, 0.05) is 28.3 Å². The second kappa shape index (κ2) is 8.44. The van der Waals surface area contributed by atoms with Crippen molar-refractivity contribution < 1.29 is 5.21 Å². The molecule has 132 valence electrons. The van der Waals surface area contributed by atoms with Crippen LogP contribution in [-0.2, 0) is 6.42 Å². The lowest BCUT2D eigenvalue weighted by molar-refractivity contribution is 0.318. The van der Waals surface area contributed by atoms with Crippen molar-refractivity contribution in [3.8, 4) is 11.4 Å². The molecule has 0 radical (unpaired) electrons. The summed E-state index contributed by atoms with van der Waals surface area (Å²) in [5.41, 5.74) is 8.31. The lowest BCUT2D eigenvalue weighted by atomic mass is 10.1. The molecular formula is C19H18BrN5O. The Balaban J connectivity index is 1.69. The smallest absolute Gasteiger partial charge is 0.170 e. The summed E-state index contributed by atoms with van der Waals surface area (Å²) in [5.74, 6) is 1.38. The van der Waals surface area contributed by atoms with Gasteiger partial charge in [-0.1, -0.05) is 51.4 Å². The van der Waals surface area contributed by atoms with Crippen LogP contribution in [0, 0.1) is 0 Å². The van der Waals surface area contributed by atoms with E-state index in [2.05, 4.69) is 48.5 Å². The Kier molecular flexibility index (Phi) is 5.80. The van der Waals surface area contributed by atoms with Crippen LogP contribution in [0.25, 0.3) is 11.4 Å². The zero-order valence-electron chi connectivity index (χ0n) is 13.9. The number of nitrogens with one attached hydrogen (secondary N) is 1. The highest BCUT2D eigenvalue weighted by molar-refractivity contribution is 9.10. The van der Waals surface area contributed by atoms with E-state index in [0.717, 1.165) is 28.8 Å². The number of halogens is 1. The van der Waals surface area contributed by atoms with E-state index in [4.69, 9.17) is 10.9 Å². The molecule has 4 N–H and O–H groups in total. The van der Waals surface area contributed by atoms with Gasteiger partial charge < -0.3 is 16.3 Å². The Morgan fingerprint density at radius 2 is 1.96 bits per heavy atom. The summed E-state index contributed by atoms with van der Waals surface area (Å²) in [6, 6.07) is 17.3. The van der Waals surface area contributed by atoms with Crippen LogP contribution in [0.4, 0.5) is 5.82 Å². The third-order valence-corrected chi connectivity index (χ3v) is 4.34. The molecule has 0 amide bonds. The molecule has 3 aromatic rings. The summed E-state index contributed by atoms with van der Waals surface area (Å²) in [6.45, 7) is 0.766. The van der Waals surface area contributed by atoms with E-state index in [0.29, 0.717) is 11.4 Å². The SMILES string of the molecule is NC(=NO)c1cccc(-c2nccc(NCCc3ccc(Br)cc3)n2)c1. The molecular weight excluding hydrogens is 394 g/mol. The third kappa shape index (κ3) is 4.58. The zero-order chi connectivity index (χ0) is 18.4. The summed E-state index contributed by atoms with van der Waals surface area (Å²) in [7, 11) is 0. The van der Waals surface area contributed by atoms with Crippen molar-refractivity contribution in [2.24, 2.45) is 10.9 Å². The molecule has 0 spiro atoms. The molecule has 0 atom stereocenters. The van der Waals surface area contributed by atoms with Gasteiger partial charge in [0.25, 0.3) is 0 Å². The zero-order valence-corrected chi connectivity index (χ0v) is 15.5. The molecule has 0 saturated carbocycles. The quantitative estimate of drug-likeness (QED) is 0.249. The van der Waals surface area contributed by atoms with Gasteiger partial charge >= 0.3 is 0 Å². The standard InChI is InChI=1S/C19H18BrN5O/c20-16-6-4-13(5-7-16)8-10-22-17-9-11-23-19(24-17)15-3-1-2-14(12-15)18(21)25-26/h1-7,9,11-12,26H,8,10H2,(H2,21,25)(H,22,23,24). The Labute approximate surface area is 159 Å². The Morgan fingerprint density at radius 1 is 1.15 bits per heavy atom. The molecule has 1 aromatic heterocycles. The van der Waals surface area contributed by atoms with Crippen molar-refractivity contribution in [2.45, 2.75) is 6.42 Å². The van der Waals surface area contributed by atoms with Crippen LogP contribution in [-0.4, -0.2) is 27.6 Å². The number of oxime groups is 1. The van der Waals surface area contributed by atoms with E-state index in [1.54, 1.807) is 18.3 Å². The number of nitrogens with zero attached hydrogens (tertiary/aromatic N) is 3. The number of hydrogen-bond donors (Lipinski definition) is 3. The van der Waals surface area contributed by atoms with E-state index in [-0.39, 0.29) is 5.84 Å². The van der Waals surface area contributed by atoms with E-state index in [9.17, 15) is 0 Å². The molecule has 7 heteroatoms. The number of amidine groups is 1. The van der Waals surface area contributed by atoms with Gasteiger partial charge in [0.15, 0.2) is 11.7 Å². The molecule has 3 rings (SSSR count). The highest BCUT2D eigenvalue weighted by Gasteiger charge is 2.06. The van der Waals surface area contributed by atoms with Crippen LogP contribution in [0.15, 0.2) is 70.4 Å². The van der Waals surface area contributed by atoms with Gasteiger partial charge in [0.1, 0.15) is 5.82 Å². The van der Waals surface area contributed by atoms with Crippen molar-refractivity contribution in [1.29, 1.82) is 0 Å². The molecule has 0 fully saturated rings. The van der Waals surface area contributed by atoms with Crippen LogP contribution >= 0.6 is 15.9 Å². The van der Waals surface area contributed by atoms with Crippen molar-refractivity contribution in [3.63, 3.8) is 0 Å². The fourth-order valence-corrected chi connectivity index (χ4v) is 2.72. The van der Waals surface area contributed by atoms with Crippen molar-refractivity contribution in [1.82, 2.24) is 9.97 Å². The van der Waals surface area contributed by atoms with E-state index in [1.807, 2.05) is 30.3 Å². The monoisotopic (exact) mass is 411 g/mol. The number of anilines is 1. The highest BCUT2D eigenvalue weighted by atomic mass is 79.9. The van der Waals surface area contributed by atoms with Crippen LogP contribution in [0.3, 0.4) is 0 Å². The fraction of sp³-hybridized carbons (Fsp3) is 0.105. The fourth-order valence-electron chi connectivity index (χ4n) is 2.46. The molecule has 0 aliphatic heterocycles. The first-order valence-corrected chi connectivity index (χ1v) is 8.85. The predicted octanol–water partition coefficient (Wildman–Crippen LogP) is 3.66. The molecule has 2 aromatic carbocycles. The van der Waals surface area contributed by atoms with Gasteiger partial charge in [-0.05, 0) is 36.2 Å². The molecule has 26 heavy (non-hydrogen) atoms. The second-order valence-corrected chi connectivity index (χ2v) is 6.55. The summed E-state index contributed by atoms with van der Waals surface area (Å²) in [5, 5.41) is 15.2. The Morgan fingerprint density at radius 3 is 2.73 bits per heavy atom. The molecule has 0 bridgehead atoms. The summed E-state index contributed by atoms with van der Waals surface area (Å²) in [4.78, 5) is 8.85. The minimum absolute atomic E-state index is 0.0515. The second-order valence-electron chi connectivity index (χ2n) is 5.63. The van der Waals surface area contributed by atoms with E-state index in [1.165, 1.54) is 5.56 Å². The average Bonchev–Trinajstić information content (AvgIpc) is 2.69. The lowest BCUT2D eigenvalue weighted by Crippen LogP contribution is -2.13. The first kappa shape index (κ1) is 17.9. The van der Waals surface area contributed by atoms with Gasteiger partial charge in [-0.3, -0.25) is 0 Å². The van der Waals surface area contributed by atoms with Crippen molar-refractivity contribution in [3.05, 3.63) is 76.4 Å². The van der Waals surface area contributed by atoms with E-state index < -0.39 is 0 Å².